The molecule has 1 aliphatic carbocycles. The van der Waals surface area contributed by atoms with Crippen molar-refractivity contribution in [3.8, 4) is 11.1 Å². The molecular weight excluding hydrogens is 418 g/mol. The Bertz CT molecular complexity index is 1050. The largest absolute Gasteiger partial charge is 0.356 e. The topological polar surface area (TPSA) is 57.0 Å². The summed E-state index contributed by atoms with van der Waals surface area (Å²) in [5.74, 6) is 0.363. The van der Waals surface area contributed by atoms with Gasteiger partial charge >= 0.3 is 0 Å². The van der Waals surface area contributed by atoms with E-state index >= 15 is 0 Å². The van der Waals surface area contributed by atoms with E-state index in [2.05, 4.69) is 45.3 Å². The van der Waals surface area contributed by atoms with E-state index in [4.69, 9.17) is 9.72 Å². The molecule has 1 aliphatic heterocycles. The first-order valence-corrected chi connectivity index (χ1v) is 10.8. The summed E-state index contributed by atoms with van der Waals surface area (Å²) in [4.78, 5) is 16.5. The number of fused-ring (bicyclic) bond motifs is 2. The standard InChI is InChI=1S/C22H22BrN3O2/c23-21-19-12-17(13-24-22(19)26(25-21)20-3-1-2-10-28-20)16-5-4-14-6-8-18(27)9-7-15(14)11-16/h4-5,11-13,20H,1-3,6-10H2. The fourth-order valence-electron chi connectivity index (χ4n) is 4.22. The van der Waals surface area contributed by atoms with E-state index in [9.17, 15) is 4.79 Å². The number of aromatic nitrogens is 3. The molecule has 28 heavy (non-hydrogen) atoms. The van der Waals surface area contributed by atoms with Gasteiger partial charge in [0, 0.05) is 31.2 Å². The maximum Gasteiger partial charge on any atom is 0.161 e. The molecule has 0 N–H and O–H groups in total. The number of rotatable bonds is 2. The fraction of sp³-hybridized carbons (Fsp3) is 0.409. The fourth-order valence-corrected chi connectivity index (χ4v) is 4.68. The first kappa shape index (κ1) is 18.0. The molecule has 0 spiro atoms. The molecule has 1 atom stereocenters. The molecule has 3 heterocycles. The monoisotopic (exact) mass is 439 g/mol. The van der Waals surface area contributed by atoms with Crippen LogP contribution >= 0.6 is 15.9 Å². The summed E-state index contributed by atoms with van der Waals surface area (Å²) < 4.78 is 8.60. The Morgan fingerprint density at radius 2 is 1.89 bits per heavy atom. The number of ether oxygens (including phenoxy) is 1. The zero-order chi connectivity index (χ0) is 19.1. The van der Waals surface area contributed by atoms with Gasteiger partial charge in [0.2, 0.25) is 0 Å². The molecule has 1 saturated heterocycles. The van der Waals surface area contributed by atoms with Crippen molar-refractivity contribution >= 4 is 32.7 Å². The minimum absolute atomic E-state index is 0.0362. The average Bonchev–Trinajstić information content (AvgIpc) is 2.95. The molecule has 1 aromatic carbocycles. The molecule has 0 saturated carbocycles. The number of hydrogen-bond donors (Lipinski definition) is 0. The van der Waals surface area contributed by atoms with Crippen LogP contribution in [-0.2, 0) is 22.4 Å². The smallest absolute Gasteiger partial charge is 0.161 e. The molecule has 0 radical (unpaired) electrons. The quantitative estimate of drug-likeness (QED) is 0.526. The average molecular weight is 440 g/mol. The van der Waals surface area contributed by atoms with E-state index in [1.807, 2.05) is 10.9 Å². The Labute approximate surface area is 172 Å². The van der Waals surface area contributed by atoms with Crippen LogP contribution < -0.4 is 0 Å². The lowest BCUT2D eigenvalue weighted by molar-refractivity contribution is -0.118. The number of aryl methyl sites for hydroxylation is 2. The van der Waals surface area contributed by atoms with E-state index in [0.717, 1.165) is 65.5 Å². The molecule has 144 valence electrons. The first-order chi connectivity index (χ1) is 13.7. The van der Waals surface area contributed by atoms with Crippen LogP contribution in [0.5, 0.6) is 0 Å². The number of carbonyl (C=O) groups is 1. The number of hydrogen-bond acceptors (Lipinski definition) is 4. The van der Waals surface area contributed by atoms with Gasteiger partial charge in [0.1, 0.15) is 10.4 Å². The molecule has 2 aliphatic rings. The minimum Gasteiger partial charge on any atom is -0.356 e. The van der Waals surface area contributed by atoms with Crippen LogP contribution in [-0.4, -0.2) is 27.2 Å². The van der Waals surface area contributed by atoms with Crippen molar-refractivity contribution < 1.29 is 9.53 Å². The summed E-state index contributed by atoms with van der Waals surface area (Å²) in [5.41, 5.74) is 5.63. The maximum atomic E-state index is 11.8. The molecule has 6 heteroatoms. The van der Waals surface area contributed by atoms with E-state index in [1.54, 1.807) is 0 Å². The maximum absolute atomic E-state index is 11.8. The summed E-state index contributed by atoms with van der Waals surface area (Å²) in [7, 11) is 0. The molecule has 2 aromatic heterocycles. The summed E-state index contributed by atoms with van der Waals surface area (Å²) in [6, 6.07) is 8.67. The van der Waals surface area contributed by atoms with Crippen molar-refractivity contribution in [1.29, 1.82) is 0 Å². The second kappa shape index (κ2) is 7.41. The van der Waals surface area contributed by atoms with Crippen molar-refractivity contribution in [2.24, 2.45) is 0 Å². The summed E-state index contributed by atoms with van der Waals surface area (Å²) >= 11 is 3.60. The predicted molar refractivity (Wildman–Crippen MR) is 111 cm³/mol. The lowest BCUT2D eigenvalue weighted by Crippen LogP contribution is -2.19. The van der Waals surface area contributed by atoms with Crippen molar-refractivity contribution in [2.45, 2.75) is 51.2 Å². The lowest BCUT2D eigenvalue weighted by Gasteiger charge is -2.22. The highest BCUT2D eigenvalue weighted by atomic mass is 79.9. The van der Waals surface area contributed by atoms with Gasteiger partial charge in [-0.15, -0.1) is 0 Å². The van der Waals surface area contributed by atoms with Crippen LogP contribution in [0.2, 0.25) is 0 Å². The zero-order valence-electron chi connectivity index (χ0n) is 15.7. The van der Waals surface area contributed by atoms with Crippen LogP contribution in [0, 0.1) is 0 Å². The van der Waals surface area contributed by atoms with Crippen molar-refractivity contribution in [3.63, 3.8) is 0 Å². The molecule has 1 unspecified atom stereocenters. The second-order valence-electron chi connectivity index (χ2n) is 7.67. The highest BCUT2D eigenvalue weighted by Gasteiger charge is 2.22. The molecule has 0 bridgehead atoms. The third-order valence-electron chi connectivity index (χ3n) is 5.82. The number of pyridine rings is 1. The summed E-state index contributed by atoms with van der Waals surface area (Å²) in [6.45, 7) is 0.777. The zero-order valence-corrected chi connectivity index (χ0v) is 17.2. The highest BCUT2D eigenvalue weighted by molar-refractivity contribution is 9.10. The van der Waals surface area contributed by atoms with Crippen LogP contribution in [0.15, 0.2) is 35.1 Å². The number of ketones is 1. The van der Waals surface area contributed by atoms with Crippen molar-refractivity contribution in [2.75, 3.05) is 6.61 Å². The Kier molecular flexibility index (Phi) is 4.77. The van der Waals surface area contributed by atoms with Gasteiger partial charge in [0.25, 0.3) is 0 Å². The number of benzene rings is 1. The minimum atomic E-state index is -0.0362. The van der Waals surface area contributed by atoms with Crippen molar-refractivity contribution in [3.05, 3.63) is 46.2 Å². The van der Waals surface area contributed by atoms with Gasteiger partial charge < -0.3 is 4.74 Å². The Morgan fingerprint density at radius 1 is 1.04 bits per heavy atom. The molecule has 3 aromatic rings. The second-order valence-corrected chi connectivity index (χ2v) is 8.43. The molecule has 0 amide bonds. The third-order valence-corrected chi connectivity index (χ3v) is 6.40. The van der Waals surface area contributed by atoms with Gasteiger partial charge in [-0.3, -0.25) is 4.79 Å². The Morgan fingerprint density at radius 3 is 2.71 bits per heavy atom. The number of carbonyl (C=O) groups excluding carboxylic acids is 1. The van der Waals surface area contributed by atoms with Gasteiger partial charge in [-0.1, -0.05) is 18.2 Å². The van der Waals surface area contributed by atoms with Gasteiger partial charge in [-0.05, 0) is 70.8 Å². The molecular formula is C22H22BrN3O2. The van der Waals surface area contributed by atoms with E-state index in [-0.39, 0.29) is 6.23 Å². The number of Topliss-reactive ketones (excluding diaryl/α,β-unsaturated/α-hetero) is 1. The van der Waals surface area contributed by atoms with Crippen LogP contribution in [0.3, 0.4) is 0 Å². The van der Waals surface area contributed by atoms with E-state index in [1.165, 1.54) is 11.1 Å². The van der Waals surface area contributed by atoms with Gasteiger partial charge in [0.05, 0.1) is 5.39 Å². The molecule has 5 rings (SSSR count). The Hall–Kier alpha value is -2.05. The van der Waals surface area contributed by atoms with Crippen molar-refractivity contribution in [1.82, 2.24) is 14.8 Å². The lowest BCUT2D eigenvalue weighted by atomic mass is 9.97. The third kappa shape index (κ3) is 3.29. The first-order valence-electron chi connectivity index (χ1n) is 9.98. The van der Waals surface area contributed by atoms with Crippen LogP contribution in [0.4, 0.5) is 0 Å². The van der Waals surface area contributed by atoms with E-state index in [0.29, 0.717) is 18.6 Å². The summed E-state index contributed by atoms with van der Waals surface area (Å²) in [6.07, 6.45) is 8.10. The predicted octanol–water partition coefficient (Wildman–Crippen LogP) is 5.01. The van der Waals surface area contributed by atoms with Gasteiger partial charge in [-0.25, -0.2) is 9.67 Å². The Balaban J connectivity index is 1.52. The van der Waals surface area contributed by atoms with Gasteiger partial charge in [-0.2, -0.15) is 5.10 Å². The molecule has 5 nitrogen and oxygen atoms in total. The normalized spacial score (nSPS) is 20.2. The molecule has 1 fully saturated rings. The van der Waals surface area contributed by atoms with Crippen LogP contribution in [0.25, 0.3) is 22.2 Å². The number of nitrogens with zero attached hydrogens (tertiary/aromatic N) is 3. The highest BCUT2D eigenvalue weighted by Crippen LogP contribution is 2.33. The van der Waals surface area contributed by atoms with Crippen LogP contribution in [0.1, 0.15) is 49.5 Å². The summed E-state index contributed by atoms with van der Waals surface area (Å²) in [5, 5.41) is 5.64. The number of halogens is 1. The van der Waals surface area contributed by atoms with Gasteiger partial charge in [0.15, 0.2) is 11.9 Å². The SMILES string of the molecule is O=C1CCc2ccc(-c3cnc4c(c3)c(Br)nn4C3CCCCO3)cc2CC1. The van der Waals surface area contributed by atoms with E-state index < -0.39 is 0 Å².